The molecule has 1 rings (SSSR count). The number of rotatable bonds is 6. The molecule has 0 aromatic carbocycles. The second kappa shape index (κ2) is 7.13. The predicted molar refractivity (Wildman–Crippen MR) is 87.6 cm³/mol. The zero-order chi connectivity index (χ0) is 17.0. The van der Waals surface area contributed by atoms with Crippen molar-refractivity contribution in [2.45, 2.75) is 66.2 Å². The Balaban J connectivity index is 2.59. The van der Waals surface area contributed by atoms with Crippen LogP contribution in [-0.2, 0) is 11.3 Å². The smallest absolute Gasteiger partial charge is 0.407 e. The van der Waals surface area contributed by atoms with Crippen LogP contribution in [0.25, 0.3) is 0 Å². The van der Waals surface area contributed by atoms with E-state index in [2.05, 4.69) is 41.4 Å². The molecule has 6 heteroatoms. The number of nitrogens with one attached hydrogen (secondary N) is 3. The lowest BCUT2D eigenvalue weighted by Gasteiger charge is -2.35. The average molecular weight is 310 g/mol. The number of hydrogen-bond acceptors (Lipinski definition) is 4. The van der Waals surface area contributed by atoms with Crippen molar-refractivity contribution in [3.05, 3.63) is 17.7 Å². The second-order valence-corrected chi connectivity index (χ2v) is 7.26. The molecule has 1 heterocycles. The summed E-state index contributed by atoms with van der Waals surface area (Å²) in [7, 11) is 0. The summed E-state index contributed by atoms with van der Waals surface area (Å²) in [5.74, 6) is 0.335. The van der Waals surface area contributed by atoms with Gasteiger partial charge in [-0.1, -0.05) is 13.8 Å². The topological polar surface area (TPSA) is 79.0 Å². The lowest BCUT2D eigenvalue weighted by Crippen LogP contribution is -2.55. The molecule has 3 N–H and O–H groups in total. The zero-order valence-corrected chi connectivity index (χ0v) is 14.8. The number of carbonyl (C=O) groups is 1. The van der Waals surface area contributed by atoms with Gasteiger partial charge < -0.3 is 20.4 Å². The quantitative estimate of drug-likeness (QED) is 0.755. The van der Waals surface area contributed by atoms with Crippen molar-refractivity contribution in [2.75, 3.05) is 6.54 Å². The van der Waals surface area contributed by atoms with Crippen LogP contribution in [0.15, 0.2) is 6.33 Å². The van der Waals surface area contributed by atoms with Crippen LogP contribution < -0.4 is 10.6 Å². The number of H-pyrrole nitrogens is 1. The first-order valence-electron chi connectivity index (χ1n) is 7.74. The molecule has 0 fully saturated rings. The van der Waals surface area contributed by atoms with Gasteiger partial charge in [0.1, 0.15) is 5.60 Å². The predicted octanol–water partition coefficient (Wildman–Crippen LogP) is 2.75. The highest BCUT2D eigenvalue weighted by Crippen LogP contribution is 2.17. The monoisotopic (exact) mass is 310 g/mol. The maximum atomic E-state index is 11.8. The minimum absolute atomic E-state index is 0.248. The van der Waals surface area contributed by atoms with E-state index in [0.29, 0.717) is 19.0 Å². The zero-order valence-electron chi connectivity index (χ0n) is 14.8. The van der Waals surface area contributed by atoms with E-state index in [1.54, 1.807) is 6.33 Å². The lowest BCUT2D eigenvalue weighted by molar-refractivity contribution is 0.0503. The van der Waals surface area contributed by atoms with E-state index in [9.17, 15) is 4.79 Å². The summed E-state index contributed by atoms with van der Waals surface area (Å²) in [4.78, 5) is 19.2. The highest BCUT2D eigenvalue weighted by atomic mass is 16.6. The number of nitrogens with zero attached hydrogens (tertiary/aromatic N) is 1. The number of aryl methyl sites for hydroxylation is 1. The van der Waals surface area contributed by atoms with E-state index in [0.717, 1.165) is 11.4 Å². The molecule has 0 bridgehead atoms. The Morgan fingerprint density at radius 2 is 2.00 bits per heavy atom. The molecule has 0 spiro atoms. The Morgan fingerprint density at radius 3 is 2.45 bits per heavy atom. The maximum absolute atomic E-state index is 11.8. The molecule has 0 aliphatic carbocycles. The number of imidazole rings is 1. The van der Waals surface area contributed by atoms with Crippen molar-refractivity contribution >= 4 is 6.09 Å². The fraction of sp³-hybridized carbons (Fsp3) is 0.750. The molecule has 0 aliphatic rings. The molecular formula is C16H30N4O2. The lowest BCUT2D eigenvalue weighted by atomic mass is 9.88. The van der Waals surface area contributed by atoms with Gasteiger partial charge in [0.2, 0.25) is 0 Å². The Kier molecular flexibility index (Phi) is 6.00. The van der Waals surface area contributed by atoms with Crippen molar-refractivity contribution < 1.29 is 9.53 Å². The fourth-order valence-corrected chi connectivity index (χ4v) is 1.89. The first-order chi connectivity index (χ1) is 10.0. The van der Waals surface area contributed by atoms with E-state index < -0.39 is 11.7 Å². The van der Waals surface area contributed by atoms with Crippen LogP contribution in [0.4, 0.5) is 4.79 Å². The SMILES string of the molecule is Cc1[nH]cnc1CNC(C)(CNC(=O)OC(C)(C)C)C(C)C. The van der Waals surface area contributed by atoms with Gasteiger partial charge >= 0.3 is 6.09 Å². The number of amides is 1. The number of ether oxygens (including phenoxy) is 1. The molecular weight excluding hydrogens is 280 g/mol. The third kappa shape index (κ3) is 5.67. The van der Waals surface area contributed by atoms with E-state index in [1.807, 2.05) is 27.7 Å². The van der Waals surface area contributed by atoms with Gasteiger partial charge in [0, 0.05) is 24.3 Å². The molecule has 126 valence electrons. The minimum atomic E-state index is -0.488. The van der Waals surface area contributed by atoms with Crippen molar-refractivity contribution in [3.63, 3.8) is 0 Å². The molecule has 0 saturated heterocycles. The first-order valence-corrected chi connectivity index (χ1v) is 7.74. The number of carbonyl (C=O) groups excluding carboxylic acids is 1. The molecule has 1 aromatic rings. The number of aromatic nitrogens is 2. The molecule has 1 amide bonds. The molecule has 6 nitrogen and oxygen atoms in total. The Labute approximate surface area is 133 Å². The second-order valence-electron chi connectivity index (χ2n) is 7.26. The van der Waals surface area contributed by atoms with Crippen LogP contribution >= 0.6 is 0 Å². The van der Waals surface area contributed by atoms with Crippen LogP contribution in [-0.4, -0.2) is 33.7 Å². The van der Waals surface area contributed by atoms with Crippen LogP contribution in [0, 0.1) is 12.8 Å². The largest absolute Gasteiger partial charge is 0.444 e. The third-order valence-corrected chi connectivity index (χ3v) is 3.87. The van der Waals surface area contributed by atoms with Gasteiger partial charge in [-0.05, 0) is 40.5 Å². The average Bonchev–Trinajstić information content (AvgIpc) is 2.77. The molecule has 22 heavy (non-hydrogen) atoms. The van der Waals surface area contributed by atoms with E-state index >= 15 is 0 Å². The number of aromatic amines is 1. The Hall–Kier alpha value is -1.56. The van der Waals surface area contributed by atoms with Crippen LogP contribution in [0.2, 0.25) is 0 Å². The van der Waals surface area contributed by atoms with Gasteiger partial charge in [0.05, 0.1) is 12.0 Å². The first kappa shape index (κ1) is 18.5. The molecule has 1 unspecified atom stereocenters. The van der Waals surface area contributed by atoms with Crippen molar-refractivity contribution in [1.82, 2.24) is 20.6 Å². The summed E-state index contributed by atoms with van der Waals surface area (Å²) in [6, 6.07) is 0. The Morgan fingerprint density at radius 1 is 1.36 bits per heavy atom. The summed E-state index contributed by atoms with van der Waals surface area (Å²) in [6.07, 6.45) is 1.30. The van der Waals surface area contributed by atoms with Crippen molar-refractivity contribution in [1.29, 1.82) is 0 Å². The van der Waals surface area contributed by atoms with E-state index in [1.165, 1.54) is 0 Å². The van der Waals surface area contributed by atoms with Crippen molar-refractivity contribution in [3.8, 4) is 0 Å². The number of hydrogen-bond donors (Lipinski definition) is 3. The van der Waals surface area contributed by atoms with Gasteiger partial charge in [-0.3, -0.25) is 0 Å². The Bertz CT molecular complexity index is 491. The van der Waals surface area contributed by atoms with Gasteiger partial charge in [0.15, 0.2) is 0 Å². The number of alkyl carbamates (subject to hydrolysis) is 1. The summed E-state index contributed by atoms with van der Waals surface area (Å²) in [5, 5.41) is 6.36. The normalized spacial score (nSPS) is 14.7. The molecule has 1 aromatic heterocycles. The standard InChI is InChI=1S/C16H30N4O2/c1-11(2)16(7,9-17-14(21)22-15(4,5)6)20-8-13-12(3)18-10-19-13/h10-11,20H,8-9H2,1-7H3,(H,17,21)(H,18,19). The van der Waals surface area contributed by atoms with Gasteiger partial charge in [-0.2, -0.15) is 0 Å². The minimum Gasteiger partial charge on any atom is -0.444 e. The highest BCUT2D eigenvalue weighted by Gasteiger charge is 2.29. The fourth-order valence-electron chi connectivity index (χ4n) is 1.89. The summed E-state index contributed by atoms with van der Waals surface area (Å²) < 4.78 is 5.29. The molecule has 0 saturated carbocycles. The summed E-state index contributed by atoms with van der Waals surface area (Å²) >= 11 is 0. The molecule has 0 radical (unpaired) electrons. The summed E-state index contributed by atoms with van der Waals surface area (Å²) in [6.45, 7) is 15.0. The van der Waals surface area contributed by atoms with E-state index in [-0.39, 0.29) is 5.54 Å². The maximum Gasteiger partial charge on any atom is 0.407 e. The van der Waals surface area contributed by atoms with Gasteiger partial charge in [-0.25, -0.2) is 9.78 Å². The van der Waals surface area contributed by atoms with E-state index in [4.69, 9.17) is 4.74 Å². The van der Waals surface area contributed by atoms with Crippen molar-refractivity contribution in [2.24, 2.45) is 5.92 Å². The van der Waals surface area contributed by atoms with Crippen LogP contribution in [0.3, 0.4) is 0 Å². The van der Waals surface area contributed by atoms with Gasteiger partial charge in [-0.15, -0.1) is 0 Å². The molecule has 0 aliphatic heterocycles. The highest BCUT2D eigenvalue weighted by molar-refractivity contribution is 5.67. The van der Waals surface area contributed by atoms with Crippen LogP contribution in [0.1, 0.15) is 52.9 Å². The van der Waals surface area contributed by atoms with Crippen LogP contribution in [0.5, 0.6) is 0 Å². The summed E-state index contributed by atoms with van der Waals surface area (Å²) in [5.41, 5.74) is 1.31. The molecule has 1 atom stereocenters. The third-order valence-electron chi connectivity index (χ3n) is 3.87. The van der Waals surface area contributed by atoms with Gasteiger partial charge in [0.25, 0.3) is 0 Å².